The largest absolute Gasteiger partial charge is 0.325 e. The monoisotopic (exact) mass is 413 g/mol. The van der Waals surface area contributed by atoms with Crippen LogP contribution < -0.4 is 10.6 Å². The molecule has 5 rings (SSSR count). The van der Waals surface area contributed by atoms with Gasteiger partial charge in [0, 0.05) is 11.1 Å². The van der Waals surface area contributed by atoms with Crippen LogP contribution in [0.2, 0.25) is 0 Å². The molecule has 0 radical (unpaired) electrons. The lowest BCUT2D eigenvalue weighted by molar-refractivity contribution is -0.133. The second-order valence-corrected chi connectivity index (χ2v) is 8.36. The van der Waals surface area contributed by atoms with E-state index in [1.54, 1.807) is 13.0 Å². The molecule has 3 aromatic rings. The Morgan fingerprint density at radius 3 is 2.68 bits per heavy atom. The number of nitrogens with zero attached hydrogens (tertiary/aromatic N) is 1. The third-order valence-electron chi connectivity index (χ3n) is 6.32. The van der Waals surface area contributed by atoms with E-state index in [4.69, 9.17) is 0 Å². The van der Waals surface area contributed by atoms with Crippen LogP contribution in [0.5, 0.6) is 0 Å². The molecular formula is C25H23N3O3. The summed E-state index contributed by atoms with van der Waals surface area (Å²) in [7, 11) is 0. The molecule has 2 N–H and O–H groups in total. The maximum atomic E-state index is 13.2. The summed E-state index contributed by atoms with van der Waals surface area (Å²) in [6, 6.07) is 18.7. The van der Waals surface area contributed by atoms with Gasteiger partial charge in [-0.05, 0) is 54.3 Å². The van der Waals surface area contributed by atoms with E-state index in [1.807, 2.05) is 54.6 Å². The average molecular weight is 413 g/mol. The summed E-state index contributed by atoms with van der Waals surface area (Å²) in [5.41, 5.74) is 2.76. The number of rotatable bonds is 4. The van der Waals surface area contributed by atoms with Crippen LogP contribution in [-0.2, 0) is 28.0 Å². The fourth-order valence-corrected chi connectivity index (χ4v) is 4.59. The number of fused-ring (bicyclic) bond motifs is 2. The molecular weight excluding hydrogens is 390 g/mol. The molecule has 156 valence electrons. The number of amides is 4. The number of nitrogens with one attached hydrogen (secondary N) is 2. The maximum Gasteiger partial charge on any atom is 0.325 e. The topological polar surface area (TPSA) is 78.5 Å². The average Bonchev–Trinajstić information content (AvgIpc) is 3.32. The molecule has 6 nitrogen and oxygen atoms in total. The highest BCUT2D eigenvalue weighted by Gasteiger charge is 2.49. The number of urea groups is 1. The van der Waals surface area contributed by atoms with E-state index in [0.717, 1.165) is 40.5 Å². The summed E-state index contributed by atoms with van der Waals surface area (Å²) in [4.78, 5) is 39.5. The molecule has 3 aromatic carbocycles. The number of imide groups is 1. The van der Waals surface area contributed by atoms with Crippen LogP contribution in [0.1, 0.15) is 30.0 Å². The van der Waals surface area contributed by atoms with Crippen LogP contribution in [0.4, 0.5) is 10.5 Å². The highest BCUT2D eigenvalue weighted by molar-refractivity contribution is 6.11. The summed E-state index contributed by atoms with van der Waals surface area (Å²) in [5.74, 6) is -0.832. The summed E-state index contributed by atoms with van der Waals surface area (Å²) >= 11 is 0. The number of carbonyl (C=O) groups excluding carboxylic acids is 3. The minimum absolute atomic E-state index is 0.339. The van der Waals surface area contributed by atoms with Crippen LogP contribution in [0.15, 0.2) is 60.7 Å². The zero-order valence-electron chi connectivity index (χ0n) is 17.3. The molecule has 1 aliphatic carbocycles. The lowest BCUT2D eigenvalue weighted by Gasteiger charge is -2.23. The Kier molecular flexibility index (Phi) is 4.50. The van der Waals surface area contributed by atoms with Crippen LogP contribution in [-0.4, -0.2) is 29.3 Å². The van der Waals surface area contributed by atoms with E-state index in [1.165, 1.54) is 11.1 Å². The molecule has 0 saturated carbocycles. The number of anilines is 1. The number of aryl methyl sites for hydroxylation is 2. The van der Waals surface area contributed by atoms with Gasteiger partial charge in [0.15, 0.2) is 0 Å². The molecule has 1 saturated heterocycles. The minimum atomic E-state index is -1.17. The van der Waals surface area contributed by atoms with Gasteiger partial charge in [0.2, 0.25) is 5.91 Å². The third kappa shape index (κ3) is 3.24. The molecule has 1 heterocycles. The van der Waals surface area contributed by atoms with Crippen molar-refractivity contribution in [2.45, 2.75) is 31.7 Å². The van der Waals surface area contributed by atoms with Gasteiger partial charge in [-0.25, -0.2) is 4.79 Å². The highest BCUT2D eigenvalue weighted by atomic mass is 16.2. The molecule has 4 amide bonds. The molecule has 0 bridgehead atoms. The summed E-state index contributed by atoms with van der Waals surface area (Å²) < 4.78 is 0. The Balaban J connectivity index is 1.35. The van der Waals surface area contributed by atoms with Crippen LogP contribution >= 0.6 is 0 Å². The van der Waals surface area contributed by atoms with Crippen molar-refractivity contribution in [1.82, 2.24) is 10.2 Å². The van der Waals surface area contributed by atoms with Crippen LogP contribution in [0.25, 0.3) is 10.8 Å². The van der Waals surface area contributed by atoms with Crippen LogP contribution in [0.3, 0.4) is 0 Å². The molecule has 1 aliphatic heterocycles. The van der Waals surface area contributed by atoms with E-state index >= 15 is 0 Å². The summed E-state index contributed by atoms with van der Waals surface area (Å²) in [6.45, 7) is 1.36. The van der Waals surface area contributed by atoms with Gasteiger partial charge in [0.1, 0.15) is 12.1 Å². The second-order valence-electron chi connectivity index (χ2n) is 8.36. The molecule has 31 heavy (non-hydrogen) atoms. The van der Waals surface area contributed by atoms with E-state index in [2.05, 4.69) is 10.6 Å². The van der Waals surface area contributed by atoms with Gasteiger partial charge < -0.3 is 10.6 Å². The Morgan fingerprint density at radius 1 is 1.03 bits per heavy atom. The van der Waals surface area contributed by atoms with Gasteiger partial charge in [-0.2, -0.15) is 0 Å². The smallest absolute Gasteiger partial charge is 0.324 e. The van der Waals surface area contributed by atoms with Crippen molar-refractivity contribution in [3.8, 4) is 0 Å². The Labute approximate surface area is 180 Å². The zero-order chi connectivity index (χ0) is 21.6. The van der Waals surface area contributed by atoms with E-state index in [-0.39, 0.29) is 6.54 Å². The highest BCUT2D eigenvalue weighted by Crippen LogP contribution is 2.32. The van der Waals surface area contributed by atoms with Crippen molar-refractivity contribution < 1.29 is 14.4 Å². The van der Waals surface area contributed by atoms with Gasteiger partial charge in [-0.3, -0.25) is 14.5 Å². The number of hydrogen-bond acceptors (Lipinski definition) is 3. The molecule has 0 unspecified atom stereocenters. The fourth-order valence-electron chi connectivity index (χ4n) is 4.59. The first kappa shape index (κ1) is 19.3. The molecule has 2 aliphatic rings. The molecule has 1 fully saturated rings. The lowest BCUT2D eigenvalue weighted by Crippen LogP contribution is -2.42. The van der Waals surface area contributed by atoms with Crippen molar-refractivity contribution >= 4 is 34.3 Å². The Morgan fingerprint density at radius 2 is 1.81 bits per heavy atom. The quantitative estimate of drug-likeness (QED) is 0.640. The van der Waals surface area contributed by atoms with Gasteiger partial charge >= 0.3 is 6.03 Å². The van der Waals surface area contributed by atoms with Gasteiger partial charge in [0.25, 0.3) is 5.91 Å². The minimum Gasteiger partial charge on any atom is -0.324 e. The maximum absolute atomic E-state index is 13.2. The molecule has 1 atom stereocenters. The predicted octanol–water partition coefficient (Wildman–Crippen LogP) is 3.73. The first-order chi connectivity index (χ1) is 15.0. The van der Waals surface area contributed by atoms with Crippen molar-refractivity contribution in [3.63, 3.8) is 0 Å². The van der Waals surface area contributed by atoms with E-state index in [9.17, 15) is 14.4 Å². The second kappa shape index (κ2) is 7.23. The first-order valence-corrected chi connectivity index (χ1v) is 10.5. The Hall–Kier alpha value is -3.67. The summed E-state index contributed by atoms with van der Waals surface area (Å²) in [5, 5.41) is 7.54. The summed E-state index contributed by atoms with van der Waals surface area (Å²) in [6.07, 6.45) is 3.14. The molecule has 0 aromatic heterocycles. The van der Waals surface area contributed by atoms with Gasteiger partial charge in [-0.15, -0.1) is 0 Å². The van der Waals surface area contributed by atoms with Crippen molar-refractivity contribution in [2.24, 2.45) is 0 Å². The Bertz CT molecular complexity index is 1230. The third-order valence-corrected chi connectivity index (χ3v) is 6.32. The predicted molar refractivity (Wildman–Crippen MR) is 119 cm³/mol. The molecule has 0 spiro atoms. The standard InChI is InChI=1S/C25H23N3O3/c1-25(19-13-12-16-7-4-9-18(16)14-19)23(30)28(24(31)27-25)15-22(29)26-21-11-5-8-17-6-2-3-10-20(17)21/h2-3,5-6,8,10-14H,4,7,9,15H2,1H3,(H,26,29)(H,27,31)/t25-/m0/s1. The van der Waals surface area contributed by atoms with Crippen molar-refractivity contribution in [3.05, 3.63) is 77.4 Å². The normalized spacial score (nSPS) is 20.1. The SMILES string of the molecule is C[C@@]1(c2ccc3c(c2)CCC3)NC(=O)N(CC(=O)Nc2cccc3ccccc23)C1=O. The van der Waals surface area contributed by atoms with Crippen LogP contribution in [0, 0.1) is 0 Å². The van der Waals surface area contributed by atoms with E-state index < -0.39 is 23.4 Å². The number of hydrogen-bond donors (Lipinski definition) is 2. The zero-order valence-corrected chi connectivity index (χ0v) is 17.3. The van der Waals surface area contributed by atoms with Crippen molar-refractivity contribution in [1.29, 1.82) is 0 Å². The van der Waals surface area contributed by atoms with E-state index in [0.29, 0.717) is 5.69 Å². The number of carbonyl (C=O) groups is 3. The first-order valence-electron chi connectivity index (χ1n) is 10.5. The van der Waals surface area contributed by atoms with Gasteiger partial charge in [0.05, 0.1) is 0 Å². The van der Waals surface area contributed by atoms with Crippen molar-refractivity contribution in [2.75, 3.05) is 11.9 Å². The lowest BCUT2D eigenvalue weighted by atomic mass is 9.89. The number of benzene rings is 3. The molecule has 6 heteroatoms. The fraction of sp³-hybridized carbons (Fsp3) is 0.240. The van der Waals surface area contributed by atoms with Gasteiger partial charge in [-0.1, -0.05) is 54.6 Å².